The Morgan fingerprint density at radius 3 is 2.27 bits per heavy atom. The van der Waals surface area contributed by atoms with Crippen LogP contribution in [0, 0.1) is 0 Å². The fraction of sp³-hybridized carbons (Fsp3) is 0.133. The second kappa shape index (κ2) is 5.81. The predicted octanol–water partition coefficient (Wildman–Crippen LogP) is 4.62. The molecule has 1 heterocycles. The van der Waals surface area contributed by atoms with Crippen molar-refractivity contribution in [1.29, 1.82) is 0 Å². The van der Waals surface area contributed by atoms with Crippen molar-refractivity contribution in [3.63, 3.8) is 0 Å². The monoisotopic (exact) mass is 426 g/mol. The van der Waals surface area contributed by atoms with Crippen LogP contribution in [-0.2, 0) is 0 Å². The van der Waals surface area contributed by atoms with Crippen LogP contribution in [0.4, 0.5) is 5.69 Å². The third kappa shape index (κ3) is 2.55. The van der Waals surface area contributed by atoms with E-state index in [4.69, 9.17) is 19.6 Å². The molecule has 2 aromatic carbocycles. The number of benzene rings is 2. The van der Waals surface area contributed by atoms with Gasteiger partial charge in [0.25, 0.3) is 0 Å². The normalized spacial score (nSPS) is 10.9. The van der Waals surface area contributed by atoms with Crippen LogP contribution in [0.1, 0.15) is 0 Å². The average molecular weight is 428 g/mol. The van der Waals surface area contributed by atoms with E-state index in [0.29, 0.717) is 38.6 Å². The SMILES string of the molecule is COc1cc(OC)cc(-c2nc3c(Br)c(N)c(Br)cc3o2)c1. The van der Waals surface area contributed by atoms with Crippen molar-refractivity contribution in [3.8, 4) is 23.0 Å². The Bertz CT molecular complexity index is 839. The van der Waals surface area contributed by atoms with E-state index in [2.05, 4.69) is 36.8 Å². The zero-order valence-corrected chi connectivity index (χ0v) is 15.0. The van der Waals surface area contributed by atoms with E-state index in [0.717, 1.165) is 10.0 Å². The Balaban J connectivity index is 2.20. The van der Waals surface area contributed by atoms with E-state index in [9.17, 15) is 0 Å². The van der Waals surface area contributed by atoms with Crippen LogP contribution in [0.3, 0.4) is 0 Å². The molecule has 0 bridgehead atoms. The van der Waals surface area contributed by atoms with E-state index in [1.807, 2.05) is 12.1 Å². The van der Waals surface area contributed by atoms with E-state index < -0.39 is 0 Å². The number of anilines is 1. The Morgan fingerprint density at radius 2 is 1.68 bits per heavy atom. The van der Waals surface area contributed by atoms with Crippen LogP contribution >= 0.6 is 31.9 Å². The van der Waals surface area contributed by atoms with Gasteiger partial charge in [0.2, 0.25) is 5.89 Å². The molecule has 3 aromatic rings. The van der Waals surface area contributed by atoms with Gasteiger partial charge in [-0.1, -0.05) is 0 Å². The van der Waals surface area contributed by atoms with Gasteiger partial charge in [0, 0.05) is 16.1 Å². The fourth-order valence-electron chi connectivity index (χ4n) is 2.07. The third-order valence-electron chi connectivity index (χ3n) is 3.21. The Morgan fingerprint density at radius 1 is 1.05 bits per heavy atom. The number of rotatable bonds is 3. The van der Waals surface area contributed by atoms with Crippen molar-refractivity contribution in [2.45, 2.75) is 0 Å². The maximum Gasteiger partial charge on any atom is 0.227 e. The number of nitrogens with zero attached hydrogens (tertiary/aromatic N) is 1. The third-order valence-corrected chi connectivity index (χ3v) is 4.67. The summed E-state index contributed by atoms with van der Waals surface area (Å²) in [6.45, 7) is 0. The first-order chi connectivity index (χ1) is 10.5. The van der Waals surface area contributed by atoms with Crippen molar-refractivity contribution < 1.29 is 13.9 Å². The Labute approximate surface area is 143 Å². The number of hydrogen-bond acceptors (Lipinski definition) is 5. The summed E-state index contributed by atoms with van der Waals surface area (Å²) in [5.41, 5.74) is 8.60. The number of fused-ring (bicyclic) bond motifs is 1. The quantitative estimate of drug-likeness (QED) is 0.617. The zero-order chi connectivity index (χ0) is 15.9. The van der Waals surface area contributed by atoms with Crippen LogP contribution in [0.25, 0.3) is 22.6 Å². The van der Waals surface area contributed by atoms with E-state index >= 15 is 0 Å². The summed E-state index contributed by atoms with van der Waals surface area (Å²) in [6, 6.07) is 7.25. The van der Waals surface area contributed by atoms with Crippen LogP contribution in [-0.4, -0.2) is 19.2 Å². The summed E-state index contributed by atoms with van der Waals surface area (Å²) in [5, 5.41) is 0. The lowest BCUT2D eigenvalue weighted by molar-refractivity contribution is 0.394. The number of nitrogens with two attached hydrogens (primary N) is 1. The van der Waals surface area contributed by atoms with Gasteiger partial charge in [-0.25, -0.2) is 4.98 Å². The van der Waals surface area contributed by atoms with Crippen molar-refractivity contribution in [1.82, 2.24) is 4.98 Å². The van der Waals surface area contributed by atoms with Crippen molar-refractivity contribution in [2.24, 2.45) is 0 Å². The molecule has 0 aliphatic heterocycles. The van der Waals surface area contributed by atoms with E-state index in [-0.39, 0.29) is 0 Å². The van der Waals surface area contributed by atoms with Crippen LogP contribution in [0.5, 0.6) is 11.5 Å². The van der Waals surface area contributed by atoms with Gasteiger partial charge in [-0.05, 0) is 50.1 Å². The molecule has 0 aliphatic carbocycles. The Kier molecular flexibility index (Phi) is 4.01. The van der Waals surface area contributed by atoms with Gasteiger partial charge in [0.1, 0.15) is 17.0 Å². The molecule has 0 fully saturated rings. The van der Waals surface area contributed by atoms with Crippen molar-refractivity contribution >= 4 is 48.6 Å². The molecule has 0 amide bonds. The van der Waals surface area contributed by atoms with E-state index in [1.165, 1.54) is 0 Å². The smallest absolute Gasteiger partial charge is 0.227 e. The van der Waals surface area contributed by atoms with Gasteiger partial charge in [-0.2, -0.15) is 0 Å². The summed E-state index contributed by atoms with van der Waals surface area (Å²) < 4.78 is 17.8. The minimum atomic E-state index is 0.463. The highest BCUT2D eigenvalue weighted by molar-refractivity contribution is 9.11. The summed E-state index contributed by atoms with van der Waals surface area (Å²) >= 11 is 6.84. The highest BCUT2D eigenvalue weighted by Gasteiger charge is 2.16. The largest absolute Gasteiger partial charge is 0.497 e. The van der Waals surface area contributed by atoms with Crippen molar-refractivity contribution in [2.75, 3.05) is 20.0 Å². The molecule has 114 valence electrons. The number of methoxy groups -OCH3 is 2. The second-order valence-corrected chi connectivity index (χ2v) is 6.20. The molecule has 0 unspecified atom stereocenters. The van der Waals surface area contributed by atoms with Gasteiger partial charge < -0.3 is 19.6 Å². The number of halogens is 2. The maximum atomic E-state index is 5.97. The number of ether oxygens (including phenoxy) is 2. The number of hydrogen-bond donors (Lipinski definition) is 1. The lowest BCUT2D eigenvalue weighted by Gasteiger charge is -2.05. The second-order valence-electron chi connectivity index (χ2n) is 4.55. The first-order valence-electron chi connectivity index (χ1n) is 6.31. The standard InChI is InChI=1S/C15H12Br2N2O3/c1-20-8-3-7(4-9(5-8)21-2)15-19-14-11(22-15)6-10(16)13(18)12(14)17/h3-6H,18H2,1-2H3. The molecule has 0 saturated carbocycles. The minimum Gasteiger partial charge on any atom is -0.497 e. The summed E-state index contributed by atoms with van der Waals surface area (Å²) in [5.74, 6) is 1.79. The van der Waals surface area contributed by atoms with Crippen LogP contribution in [0.15, 0.2) is 37.6 Å². The van der Waals surface area contributed by atoms with Gasteiger partial charge in [-0.15, -0.1) is 0 Å². The molecule has 5 nitrogen and oxygen atoms in total. The fourth-order valence-corrected chi connectivity index (χ4v) is 3.24. The summed E-state index contributed by atoms with van der Waals surface area (Å²) in [4.78, 5) is 4.51. The van der Waals surface area contributed by atoms with E-state index in [1.54, 1.807) is 26.4 Å². The highest BCUT2D eigenvalue weighted by atomic mass is 79.9. The molecule has 0 saturated heterocycles. The van der Waals surface area contributed by atoms with Gasteiger partial charge >= 0.3 is 0 Å². The van der Waals surface area contributed by atoms with Crippen LogP contribution in [0.2, 0.25) is 0 Å². The predicted molar refractivity (Wildman–Crippen MR) is 92.4 cm³/mol. The molecular weight excluding hydrogens is 416 g/mol. The number of aromatic nitrogens is 1. The average Bonchev–Trinajstić information content (AvgIpc) is 2.96. The first-order valence-corrected chi connectivity index (χ1v) is 7.89. The molecular formula is C15H12Br2N2O3. The van der Waals surface area contributed by atoms with Gasteiger partial charge in [-0.3, -0.25) is 0 Å². The maximum absolute atomic E-state index is 5.97. The molecule has 0 radical (unpaired) electrons. The summed E-state index contributed by atoms with van der Waals surface area (Å²) in [6.07, 6.45) is 0. The number of oxazole rings is 1. The molecule has 1 aromatic heterocycles. The Hall–Kier alpha value is -1.73. The van der Waals surface area contributed by atoms with Crippen LogP contribution < -0.4 is 15.2 Å². The molecule has 0 atom stereocenters. The topological polar surface area (TPSA) is 70.5 Å². The van der Waals surface area contributed by atoms with Crippen molar-refractivity contribution in [3.05, 3.63) is 33.2 Å². The number of nitrogen functional groups attached to an aromatic ring is 1. The minimum absolute atomic E-state index is 0.463. The van der Waals surface area contributed by atoms with Gasteiger partial charge in [0.05, 0.1) is 24.4 Å². The molecule has 2 N–H and O–H groups in total. The molecule has 3 rings (SSSR count). The summed E-state index contributed by atoms with van der Waals surface area (Å²) in [7, 11) is 3.19. The molecule has 7 heteroatoms. The first kappa shape index (κ1) is 15.2. The molecule has 22 heavy (non-hydrogen) atoms. The zero-order valence-electron chi connectivity index (χ0n) is 11.8. The molecule has 0 spiro atoms. The molecule has 0 aliphatic rings. The van der Waals surface area contributed by atoms with Gasteiger partial charge in [0.15, 0.2) is 5.58 Å². The lowest BCUT2D eigenvalue weighted by atomic mass is 10.2. The lowest BCUT2D eigenvalue weighted by Crippen LogP contribution is -1.89. The highest BCUT2D eigenvalue weighted by Crippen LogP contribution is 2.38.